The van der Waals surface area contributed by atoms with E-state index in [1.54, 1.807) is 0 Å². The maximum absolute atomic E-state index is 12.4. The predicted molar refractivity (Wildman–Crippen MR) is 80.2 cm³/mol. The number of aliphatic hydroxyl groups excluding tert-OH is 1. The summed E-state index contributed by atoms with van der Waals surface area (Å²) in [4.78, 5) is 12.4. The Morgan fingerprint density at radius 2 is 1.85 bits per heavy atom. The average molecular weight is 282 g/mol. The van der Waals surface area contributed by atoms with E-state index in [0.717, 1.165) is 32.1 Å². The Kier molecular flexibility index (Phi) is 5.85. The highest BCUT2D eigenvalue weighted by atomic mass is 16.3. The second-order valence-electron chi connectivity index (χ2n) is 6.84. The first-order valence-electron chi connectivity index (χ1n) is 8.29. The van der Waals surface area contributed by atoms with Crippen molar-refractivity contribution in [3.05, 3.63) is 0 Å². The van der Waals surface area contributed by atoms with Gasteiger partial charge in [0.05, 0.1) is 0 Å². The quantitative estimate of drug-likeness (QED) is 0.721. The summed E-state index contributed by atoms with van der Waals surface area (Å²) in [7, 11) is 0. The average Bonchev–Trinajstić information content (AvgIpc) is 2.48. The Morgan fingerprint density at radius 1 is 1.15 bits per heavy atom. The van der Waals surface area contributed by atoms with Crippen molar-refractivity contribution >= 4 is 5.91 Å². The van der Waals surface area contributed by atoms with E-state index < -0.39 is 0 Å². The first kappa shape index (κ1) is 15.8. The summed E-state index contributed by atoms with van der Waals surface area (Å²) < 4.78 is 0. The minimum atomic E-state index is 0.0334. The first-order chi connectivity index (χ1) is 9.69. The van der Waals surface area contributed by atoms with Crippen molar-refractivity contribution in [1.82, 2.24) is 5.32 Å². The molecule has 2 aliphatic rings. The van der Waals surface area contributed by atoms with Crippen LogP contribution in [0.3, 0.4) is 0 Å². The summed E-state index contributed by atoms with van der Waals surface area (Å²) >= 11 is 0. The Bertz CT molecular complexity index is 314. The van der Waals surface area contributed by atoms with E-state index in [0.29, 0.717) is 13.0 Å². The number of amides is 1. The predicted octanol–water partition coefficient (Wildman–Crippen LogP) is 1.95. The molecular weight excluding hydrogens is 252 g/mol. The van der Waals surface area contributed by atoms with Gasteiger partial charge in [-0.05, 0) is 37.6 Å². The van der Waals surface area contributed by atoms with Crippen LogP contribution in [0.4, 0.5) is 0 Å². The summed E-state index contributed by atoms with van der Waals surface area (Å²) in [5, 5.41) is 12.6. The highest BCUT2D eigenvalue weighted by Crippen LogP contribution is 2.38. The van der Waals surface area contributed by atoms with E-state index >= 15 is 0 Å². The van der Waals surface area contributed by atoms with Crippen LogP contribution in [0.1, 0.15) is 64.2 Å². The lowest BCUT2D eigenvalue weighted by molar-refractivity contribution is -0.125. The van der Waals surface area contributed by atoms with E-state index in [9.17, 15) is 9.90 Å². The molecule has 4 N–H and O–H groups in total. The first-order valence-corrected chi connectivity index (χ1v) is 8.29. The van der Waals surface area contributed by atoms with E-state index in [1.807, 2.05) is 0 Å². The fourth-order valence-electron chi connectivity index (χ4n) is 3.97. The van der Waals surface area contributed by atoms with E-state index in [2.05, 4.69) is 5.32 Å². The Morgan fingerprint density at radius 3 is 2.50 bits per heavy atom. The van der Waals surface area contributed by atoms with Gasteiger partial charge >= 0.3 is 0 Å². The summed E-state index contributed by atoms with van der Waals surface area (Å²) in [6.45, 7) is 0.807. The van der Waals surface area contributed by atoms with Gasteiger partial charge in [-0.3, -0.25) is 4.79 Å². The molecule has 4 nitrogen and oxygen atoms in total. The lowest BCUT2D eigenvalue weighted by atomic mass is 9.71. The van der Waals surface area contributed by atoms with Gasteiger partial charge in [0.15, 0.2) is 0 Å². The standard InChI is InChI=1S/C16H30N2O2/c17-12-16(8-4-1-5-9-16)10-15(20)18-14-7-3-2-6-13(14)11-19/h13-14,19H,1-12,17H2,(H,18,20). The molecule has 4 heteroatoms. The molecule has 0 aromatic carbocycles. The zero-order valence-electron chi connectivity index (χ0n) is 12.6. The van der Waals surface area contributed by atoms with Crippen molar-refractivity contribution in [3.63, 3.8) is 0 Å². The summed E-state index contributed by atoms with van der Waals surface area (Å²) in [5.41, 5.74) is 5.99. The number of nitrogens with one attached hydrogen (secondary N) is 1. The van der Waals surface area contributed by atoms with Crippen LogP contribution >= 0.6 is 0 Å². The van der Waals surface area contributed by atoms with Crippen molar-refractivity contribution in [2.45, 2.75) is 70.3 Å². The molecule has 0 radical (unpaired) electrons. The van der Waals surface area contributed by atoms with Gasteiger partial charge < -0.3 is 16.2 Å². The topological polar surface area (TPSA) is 75.4 Å². The maximum atomic E-state index is 12.4. The van der Waals surface area contributed by atoms with Gasteiger partial charge in [-0.15, -0.1) is 0 Å². The summed E-state index contributed by atoms with van der Waals surface area (Å²) in [6, 6.07) is 0.166. The number of carbonyl (C=O) groups excluding carboxylic acids is 1. The van der Waals surface area contributed by atoms with Crippen LogP contribution in [-0.2, 0) is 4.79 Å². The molecule has 1 amide bonds. The van der Waals surface area contributed by atoms with E-state index in [4.69, 9.17) is 5.73 Å². The molecule has 2 atom stereocenters. The molecule has 0 aromatic rings. The molecule has 116 valence electrons. The third-order valence-electron chi connectivity index (χ3n) is 5.37. The third-order valence-corrected chi connectivity index (χ3v) is 5.37. The zero-order chi connectivity index (χ0) is 14.4. The van der Waals surface area contributed by atoms with Gasteiger partial charge in [0.2, 0.25) is 5.91 Å². The molecule has 0 aromatic heterocycles. The smallest absolute Gasteiger partial charge is 0.220 e. The molecule has 2 fully saturated rings. The largest absolute Gasteiger partial charge is 0.396 e. The second kappa shape index (κ2) is 7.41. The monoisotopic (exact) mass is 282 g/mol. The van der Waals surface area contributed by atoms with E-state index in [-0.39, 0.29) is 29.9 Å². The number of carbonyl (C=O) groups is 1. The maximum Gasteiger partial charge on any atom is 0.220 e. The van der Waals surface area contributed by atoms with Crippen LogP contribution in [0.25, 0.3) is 0 Å². The van der Waals surface area contributed by atoms with Crippen molar-refractivity contribution in [2.75, 3.05) is 13.2 Å². The van der Waals surface area contributed by atoms with Crippen molar-refractivity contribution in [3.8, 4) is 0 Å². The molecule has 0 spiro atoms. The van der Waals surface area contributed by atoms with Crippen LogP contribution in [0.15, 0.2) is 0 Å². The summed E-state index contributed by atoms with van der Waals surface area (Å²) in [6.07, 6.45) is 10.8. The Balaban J connectivity index is 1.87. The van der Waals surface area contributed by atoms with Gasteiger partial charge in [-0.1, -0.05) is 32.1 Å². The molecule has 0 heterocycles. The molecule has 20 heavy (non-hydrogen) atoms. The molecule has 0 bridgehead atoms. The highest BCUT2D eigenvalue weighted by molar-refractivity contribution is 5.77. The van der Waals surface area contributed by atoms with Gasteiger partial charge in [0.25, 0.3) is 0 Å². The molecule has 2 aliphatic carbocycles. The molecular formula is C16H30N2O2. The SMILES string of the molecule is NCC1(CC(=O)NC2CCCCC2CO)CCCCC1. The van der Waals surface area contributed by atoms with Crippen LogP contribution in [0.2, 0.25) is 0 Å². The Labute approximate surface area is 122 Å². The highest BCUT2D eigenvalue weighted by Gasteiger charge is 2.34. The normalized spacial score (nSPS) is 29.9. The van der Waals surface area contributed by atoms with Crippen LogP contribution in [0, 0.1) is 11.3 Å². The lowest BCUT2D eigenvalue weighted by Crippen LogP contribution is -2.46. The minimum Gasteiger partial charge on any atom is -0.396 e. The zero-order valence-corrected chi connectivity index (χ0v) is 12.6. The molecule has 0 aliphatic heterocycles. The van der Waals surface area contributed by atoms with E-state index in [1.165, 1.54) is 25.7 Å². The van der Waals surface area contributed by atoms with Gasteiger partial charge in [-0.2, -0.15) is 0 Å². The lowest BCUT2D eigenvalue weighted by Gasteiger charge is -2.37. The third kappa shape index (κ3) is 3.95. The Hall–Kier alpha value is -0.610. The fraction of sp³-hybridized carbons (Fsp3) is 0.938. The van der Waals surface area contributed by atoms with Crippen LogP contribution in [0.5, 0.6) is 0 Å². The number of hydrogen-bond donors (Lipinski definition) is 3. The van der Waals surface area contributed by atoms with Crippen molar-refractivity contribution in [2.24, 2.45) is 17.1 Å². The number of rotatable bonds is 5. The second-order valence-corrected chi connectivity index (χ2v) is 6.84. The van der Waals surface area contributed by atoms with Gasteiger partial charge in [-0.25, -0.2) is 0 Å². The van der Waals surface area contributed by atoms with Crippen molar-refractivity contribution in [1.29, 1.82) is 0 Å². The van der Waals surface area contributed by atoms with Gasteiger partial charge in [0, 0.05) is 25.0 Å². The van der Waals surface area contributed by atoms with Crippen LogP contribution < -0.4 is 11.1 Å². The molecule has 2 rings (SSSR count). The van der Waals surface area contributed by atoms with Crippen LogP contribution in [-0.4, -0.2) is 30.2 Å². The number of aliphatic hydroxyl groups is 1. The number of hydrogen-bond acceptors (Lipinski definition) is 3. The summed E-state index contributed by atoms with van der Waals surface area (Å²) in [5.74, 6) is 0.385. The minimum absolute atomic E-state index is 0.0334. The van der Waals surface area contributed by atoms with Gasteiger partial charge in [0.1, 0.15) is 0 Å². The fourth-order valence-corrected chi connectivity index (χ4v) is 3.97. The molecule has 2 unspecified atom stereocenters. The number of nitrogens with two attached hydrogens (primary N) is 1. The molecule has 0 saturated heterocycles. The molecule has 2 saturated carbocycles. The van der Waals surface area contributed by atoms with Crippen molar-refractivity contribution < 1.29 is 9.90 Å².